The third kappa shape index (κ3) is 7.18. The van der Waals surface area contributed by atoms with Gasteiger partial charge in [0, 0.05) is 42.5 Å². The highest BCUT2D eigenvalue weighted by atomic mass is 35.5. The van der Waals surface area contributed by atoms with Gasteiger partial charge in [-0.2, -0.15) is 0 Å². The normalized spacial score (nSPS) is 11.1. The average molecular weight is 615 g/mol. The molecule has 0 saturated carbocycles. The molecule has 0 radical (unpaired) electrons. The minimum Gasteiger partial charge on any atom is -0.485 e. The van der Waals surface area contributed by atoms with E-state index in [0.29, 0.717) is 44.2 Å². The van der Waals surface area contributed by atoms with Crippen LogP contribution in [0.1, 0.15) is 23.7 Å². The van der Waals surface area contributed by atoms with E-state index >= 15 is 0 Å². The van der Waals surface area contributed by atoms with Crippen molar-refractivity contribution in [1.29, 1.82) is 0 Å². The zero-order valence-corrected chi connectivity index (χ0v) is 24.6. The molecule has 0 fully saturated rings. The van der Waals surface area contributed by atoms with Crippen LogP contribution in [0.25, 0.3) is 11.7 Å². The zero-order chi connectivity index (χ0) is 29.7. The quantitative estimate of drug-likeness (QED) is 0.227. The zero-order valence-electron chi connectivity index (χ0n) is 22.4. The number of hydrogen-bond donors (Lipinski definition) is 2. The number of anilines is 2. The molecule has 2 aromatic carbocycles. The molecule has 9 nitrogen and oxygen atoms in total. The maximum atomic E-state index is 12.9. The van der Waals surface area contributed by atoms with Gasteiger partial charge in [0.1, 0.15) is 11.8 Å². The second-order valence-electron chi connectivity index (χ2n) is 9.01. The highest BCUT2D eigenvalue weighted by molar-refractivity contribution is 6.38. The van der Waals surface area contributed by atoms with Crippen molar-refractivity contribution in [3.8, 4) is 5.75 Å². The molecule has 2 heterocycles. The van der Waals surface area contributed by atoms with E-state index in [1.165, 1.54) is 17.9 Å². The van der Waals surface area contributed by atoms with Gasteiger partial charge in [0.05, 0.1) is 22.9 Å². The standard InChI is InChI=1S/C29H26Cl3N5O4/c1-17-28(32)37-14-4-5-24(29(37)34-17)41-16-21-22(30)11-12-23(27(21)31)36(3)26(40)15-33-25(39)13-8-19-6-9-20(10-7-19)35-18(2)38/h4-14H,15-16H2,1-3H3,(H,33,39)(H,35,38)/b13-8+. The molecule has 4 aromatic rings. The van der Waals surface area contributed by atoms with Gasteiger partial charge >= 0.3 is 0 Å². The van der Waals surface area contributed by atoms with Crippen LogP contribution in [-0.2, 0) is 21.0 Å². The summed E-state index contributed by atoms with van der Waals surface area (Å²) in [7, 11) is 1.55. The van der Waals surface area contributed by atoms with Crippen LogP contribution in [0.4, 0.5) is 11.4 Å². The Morgan fingerprint density at radius 2 is 1.80 bits per heavy atom. The number of halogens is 3. The van der Waals surface area contributed by atoms with Crippen LogP contribution in [0.3, 0.4) is 0 Å². The number of aryl methyl sites for hydroxylation is 1. The molecule has 4 rings (SSSR count). The fourth-order valence-corrected chi connectivity index (χ4v) is 4.68. The fourth-order valence-electron chi connectivity index (χ4n) is 3.89. The smallest absolute Gasteiger partial charge is 0.246 e. The Bertz CT molecular complexity index is 1650. The number of rotatable bonds is 9. The molecule has 0 aliphatic rings. The van der Waals surface area contributed by atoms with Gasteiger partial charge in [-0.15, -0.1) is 0 Å². The number of carbonyl (C=O) groups is 3. The molecule has 3 amide bonds. The number of imidazole rings is 1. The molecule has 2 aromatic heterocycles. The minimum atomic E-state index is -0.447. The molecule has 0 saturated heterocycles. The molecule has 41 heavy (non-hydrogen) atoms. The van der Waals surface area contributed by atoms with Gasteiger partial charge in [-0.05, 0) is 55.0 Å². The summed E-state index contributed by atoms with van der Waals surface area (Å²) >= 11 is 19.4. The summed E-state index contributed by atoms with van der Waals surface area (Å²) in [6.07, 6.45) is 4.70. The second kappa shape index (κ2) is 13.1. The predicted octanol–water partition coefficient (Wildman–Crippen LogP) is 5.93. The number of nitrogens with zero attached hydrogens (tertiary/aromatic N) is 3. The summed E-state index contributed by atoms with van der Waals surface area (Å²) in [6.45, 7) is 2.99. The van der Waals surface area contributed by atoms with Gasteiger partial charge in [0.15, 0.2) is 11.4 Å². The topological polar surface area (TPSA) is 105 Å². The van der Waals surface area contributed by atoms with Crippen LogP contribution in [0.15, 0.2) is 60.8 Å². The first-order chi connectivity index (χ1) is 19.5. The molecule has 0 aliphatic carbocycles. The summed E-state index contributed by atoms with van der Waals surface area (Å²) < 4.78 is 7.71. The summed E-state index contributed by atoms with van der Waals surface area (Å²) in [5.74, 6) is -0.521. The Morgan fingerprint density at radius 3 is 2.51 bits per heavy atom. The van der Waals surface area contributed by atoms with Crippen molar-refractivity contribution in [2.24, 2.45) is 0 Å². The summed E-state index contributed by atoms with van der Waals surface area (Å²) in [5, 5.41) is 6.34. The fraction of sp³-hybridized carbons (Fsp3) is 0.172. The van der Waals surface area contributed by atoms with E-state index in [4.69, 9.17) is 39.5 Å². The largest absolute Gasteiger partial charge is 0.485 e. The SMILES string of the molecule is CC(=O)Nc1ccc(/C=C/C(=O)NCC(=O)N(C)c2ccc(Cl)c(COc3cccn4c(Cl)c(C)nc34)c2Cl)cc1. The highest BCUT2D eigenvalue weighted by Crippen LogP contribution is 2.35. The van der Waals surface area contributed by atoms with Crippen LogP contribution < -0.4 is 20.3 Å². The first-order valence-corrected chi connectivity index (χ1v) is 13.5. The molecule has 12 heteroatoms. The lowest BCUT2D eigenvalue weighted by Gasteiger charge is -2.21. The lowest BCUT2D eigenvalue weighted by molar-refractivity contribution is -0.122. The van der Waals surface area contributed by atoms with Gasteiger partial charge in [-0.25, -0.2) is 4.98 Å². The van der Waals surface area contributed by atoms with Gasteiger partial charge in [-0.1, -0.05) is 46.9 Å². The molecule has 0 spiro atoms. The van der Waals surface area contributed by atoms with Crippen molar-refractivity contribution >= 4 is 75.6 Å². The molecule has 212 valence electrons. The predicted molar refractivity (Wildman–Crippen MR) is 162 cm³/mol. The maximum Gasteiger partial charge on any atom is 0.246 e. The van der Waals surface area contributed by atoms with Crippen molar-refractivity contribution in [2.45, 2.75) is 20.5 Å². The third-order valence-electron chi connectivity index (χ3n) is 6.06. The van der Waals surface area contributed by atoms with Crippen molar-refractivity contribution in [2.75, 3.05) is 23.8 Å². The number of likely N-dealkylation sites (N-methyl/N-ethyl adjacent to an activating group) is 1. The van der Waals surface area contributed by atoms with Crippen molar-refractivity contribution in [3.63, 3.8) is 0 Å². The van der Waals surface area contributed by atoms with E-state index in [0.717, 1.165) is 5.56 Å². The Labute approximate surface area is 251 Å². The average Bonchev–Trinajstić information content (AvgIpc) is 3.24. The van der Waals surface area contributed by atoms with Crippen LogP contribution in [0, 0.1) is 6.92 Å². The van der Waals surface area contributed by atoms with Crippen LogP contribution in [-0.4, -0.2) is 40.7 Å². The number of carbonyl (C=O) groups excluding carboxylic acids is 3. The van der Waals surface area contributed by atoms with Gasteiger partial charge in [-0.3, -0.25) is 18.8 Å². The Kier molecular flexibility index (Phi) is 9.54. The lowest BCUT2D eigenvalue weighted by Crippen LogP contribution is -2.37. The van der Waals surface area contributed by atoms with Crippen LogP contribution >= 0.6 is 34.8 Å². The molecular formula is C29H26Cl3N5O4. The second-order valence-corrected chi connectivity index (χ2v) is 10.2. The number of pyridine rings is 1. The Morgan fingerprint density at radius 1 is 1.07 bits per heavy atom. The minimum absolute atomic E-state index is 0.0179. The number of amides is 3. The monoisotopic (exact) mass is 613 g/mol. The van der Waals surface area contributed by atoms with Crippen molar-refractivity contribution in [3.05, 3.63) is 92.8 Å². The summed E-state index contributed by atoms with van der Waals surface area (Å²) in [6, 6.07) is 13.7. The van der Waals surface area contributed by atoms with E-state index in [9.17, 15) is 14.4 Å². The van der Waals surface area contributed by atoms with Crippen molar-refractivity contribution < 1.29 is 19.1 Å². The Balaban J connectivity index is 1.38. The van der Waals surface area contributed by atoms with E-state index < -0.39 is 11.8 Å². The molecule has 2 N–H and O–H groups in total. The van der Waals surface area contributed by atoms with Gasteiger partial charge in [0.2, 0.25) is 17.7 Å². The molecule has 0 unspecified atom stereocenters. The van der Waals surface area contributed by atoms with Crippen LogP contribution in [0.2, 0.25) is 15.2 Å². The highest BCUT2D eigenvalue weighted by Gasteiger charge is 2.20. The number of hydrogen-bond acceptors (Lipinski definition) is 5. The summed E-state index contributed by atoms with van der Waals surface area (Å²) in [5.41, 5.74) is 3.51. The van der Waals surface area contributed by atoms with E-state index in [1.807, 2.05) is 0 Å². The number of aromatic nitrogens is 2. The number of benzene rings is 2. The number of ether oxygens (including phenoxy) is 1. The third-order valence-corrected chi connectivity index (χ3v) is 7.29. The van der Waals surface area contributed by atoms with Gasteiger partial charge < -0.3 is 20.3 Å². The van der Waals surface area contributed by atoms with Crippen LogP contribution in [0.5, 0.6) is 5.75 Å². The van der Waals surface area contributed by atoms with Crippen molar-refractivity contribution in [1.82, 2.24) is 14.7 Å². The summed E-state index contributed by atoms with van der Waals surface area (Å²) in [4.78, 5) is 42.1. The number of nitrogens with one attached hydrogen (secondary N) is 2. The molecule has 0 bridgehead atoms. The van der Waals surface area contributed by atoms with E-state index in [-0.39, 0.29) is 24.1 Å². The van der Waals surface area contributed by atoms with Gasteiger partial charge in [0.25, 0.3) is 0 Å². The molecule has 0 aliphatic heterocycles. The Hall–Kier alpha value is -4.05. The van der Waals surface area contributed by atoms with E-state index in [1.54, 1.807) is 79.2 Å². The first-order valence-electron chi connectivity index (χ1n) is 12.4. The maximum absolute atomic E-state index is 12.9. The molecule has 0 atom stereocenters. The molecular weight excluding hydrogens is 589 g/mol. The lowest BCUT2D eigenvalue weighted by atomic mass is 10.2. The number of fused-ring (bicyclic) bond motifs is 1. The first kappa shape index (κ1) is 29.9. The van der Waals surface area contributed by atoms with E-state index in [2.05, 4.69) is 15.6 Å².